The van der Waals surface area contributed by atoms with Gasteiger partial charge in [0.1, 0.15) is 5.82 Å². The number of nitrogens with one attached hydrogen (secondary N) is 1. The quantitative estimate of drug-likeness (QED) is 0.734. The van der Waals surface area contributed by atoms with E-state index in [-0.39, 0.29) is 23.9 Å². The molecule has 1 aromatic carbocycles. The third-order valence-corrected chi connectivity index (χ3v) is 4.23. The molecule has 0 spiro atoms. The Morgan fingerprint density at radius 3 is 2.42 bits per heavy atom. The van der Waals surface area contributed by atoms with E-state index in [2.05, 4.69) is 47.1 Å². The second-order valence-electron chi connectivity index (χ2n) is 6.84. The van der Waals surface area contributed by atoms with Gasteiger partial charge in [-0.15, -0.1) is 0 Å². The maximum absolute atomic E-state index is 9.52. The molecule has 0 radical (unpaired) electrons. The molecule has 0 saturated carbocycles. The second kappa shape index (κ2) is 9.46. The zero-order valence-corrected chi connectivity index (χ0v) is 16.0. The van der Waals surface area contributed by atoms with Crippen LogP contribution in [-0.4, -0.2) is 32.7 Å². The van der Waals surface area contributed by atoms with Crippen LogP contribution in [-0.2, 0) is 6.42 Å². The van der Waals surface area contributed by atoms with Crippen LogP contribution in [0.1, 0.15) is 50.1 Å². The number of aromatic nitrogens is 3. The Bertz CT molecular complexity index is 758. The summed E-state index contributed by atoms with van der Waals surface area (Å²) in [5.41, 5.74) is 1.74. The summed E-state index contributed by atoms with van der Waals surface area (Å²) in [6, 6.07) is 9.47. The van der Waals surface area contributed by atoms with E-state index in [1.807, 2.05) is 12.1 Å². The molecule has 7 heteroatoms. The molecular formula is C19H24ClN5O. The fourth-order valence-electron chi connectivity index (χ4n) is 2.76. The van der Waals surface area contributed by atoms with E-state index in [9.17, 15) is 5.11 Å². The Morgan fingerprint density at radius 2 is 1.85 bits per heavy atom. The Kier molecular flexibility index (Phi) is 7.31. The van der Waals surface area contributed by atoms with Crippen LogP contribution in [0.5, 0.6) is 0 Å². The van der Waals surface area contributed by atoms with E-state index in [4.69, 9.17) is 16.9 Å². The number of anilines is 1. The SMILES string of the molecule is CC(C)CC(CO)Nc1nc(Cl)nc(CC(C)c2ccc(C#N)cc2)n1. The van der Waals surface area contributed by atoms with Gasteiger partial charge in [-0.3, -0.25) is 0 Å². The number of aliphatic hydroxyl groups excluding tert-OH is 1. The molecule has 0 fully saturated rings. The molecule has 0 amide bonds. The molecule has 2 rings (SSSR count). The third-order valence-electron chi connectivity index (χ3n) is 4.06. The predicted molar refractivity (Wildman–Crippen MR) is 102 cm³/mol. The minimum absolute atomic E-state index is 0.00153. The van der Waals surface area contributed by atoms with E-state index in [0.29, 0.717) is 29.7 Å². The van der Waals surface area contributed by atoms with Gasteiger partial charge in [-0.1, -0.05) is 32.9 Å². The topological polar surface area (TPSA) is 94.7 Å². The highest BCUT2D eigenvalue weighted by Gasteiger charge is 2.15. The van der Waals surface area contributed by atoms with Gasteiger partial charge >= 0.3 is 0 Å². The number of aliphatic hydroxyl groups is 1. The van der Waals surface area contributed by atoms with Crippen LogP contribution in [0.3, 0.4) is 0 Å². The minimum Gasteiger partial charge on any atom is -0.394 e. The molecule has 1 aromatic heterocycles. The lowest BCUT2D eigenvalue weighted by atomic mass is 9.96. The molecule has 1 heterocycles. The monoisotopic (exact) mass is 373 g/mol. The van der Waals surface area contributed by atoms with Gasteiger partial charge in [0.25, 0.3) is 0 Å². The number of benzene rings is 1. The van der Waals surface area contributed by atoms with E-state index in [0.717, 1.165) is 12.0 Å². The molecule has 0 saturated heterocycles. The van der Waals surface area contributed by atoms with Gasteiger partial charge in [0, 0.05) is 6.42 Å². The zero-order chi connectivity index (χ0) is 19.1. The van der Waals surface area contributed by atoms with Crippen molar-refractivity contribution in [3.63, 3.8) is 0 Å². The first-order valence-electron chi connectivity index (χ1n) is 8.69. The van der Waals surface area contributed by atoms with Crippen LogP contribution < -0.4 is 5.32 Å². The molecular weight excluding hydrogens is 350 g/mol. The number of nitriles is 1. The Morgan fingerprint density at radius 1 is 1.15 bits per heavy atom. The normalized spacial score (nSPS) is 13.3. The van der Waals surface area contributed by atoms with Gasteiger partial charge < -0.3 is 10.4 Å². The van der Waals surface area contributed by atoms with Crippen LogP contribution in [0.4, 0.5) is 5.95 Å². The summed E-state index contributed by atoms with van der Waals surface area (Å²) >= 11 is 6.05. The maximum Gasteiger partial charge on any atom is 0.227 e. The molecule has 2 atom stereocenters. The summed E-state index contributed by atoms with van der Waals surface area (Å²) < 4.78 is 0. The number of nitrogens with zero attached hydrogens (tertiary/aromatic N) is 4. The molecule has 0 aliphatic rings. The van der Waals surface area contributed by atoms with Crippen LogP contribution in [0.15, 0.2) is 24.3 Å². The smallest absolute Gasteiger partial charge is 0.227 e. The molecule has 0 aliphatic carbocycles. The first kappa shape index (κ1) is 20.1. The third kappa shape index (κ3) is 5.94. The lowest BCUT2D eigenvalue weighted by Gasteiger charge is -2.18. The van der Waals surface area contributed by atoms with Crippen molar-refractivity contribution in [2.24, 2.45) is 5.92 Å². The van der Waals surface area contributed by atoms with Crippen molar-refractivity contribution in [2.45, 2.75) is 45.6 Å². The summed E-state index contributed by atoms with van der Waals surface area (Å²) in [5.74, 6) is 1.57. The van der Waals surface area contributed by atoms with E-state index < -0.39 is 0 Å². The fourth-order valence-corrected chi connectivity index (χ4v) is 2.93. The fraction of sp³-hybridized carbons (Fsp3) is 0.474. The van der Waals surface area contributed by atoms with Gasteiger partial charge in [0.05, 0.1) is 24.3 Å². The van der Waals surface area contributed by atoms with Crippen molar-refractivity contribution in [1.29, 1.82) is 5.26 Å². The van der Waals surface area contributed by atoms with Gasteiger partial charge in [0.2, 0.25) is 11.2 Å². The molecule has 6 nitrogen and oxygen atoms in total. The molecule has 2 N–H and O–H groups in total. The largest absolute Gasteiger partial charge is 0.394 e. The molecule has 2 unspecified atom stereocenters. The van der Waals surface area contributed by atoms with Gasteiger partial charge in [-0.2, -0.15) is 15.2 Å². The van der Waals surface area contributed by atoms with Crippen molar-refractivity contribution in [1.82, 2.24) is 15.0 Å². The zero-order valence-electron chi connectivity index (χ0n) is 15.3. The number of hydrogen-bond donors (Lipinski definition) is 2. The molecule has 138 valence electrons. The van der Waals surface area contributed by atoms with Crippen molar-refractivity contribution in [3.05, 3.63) is 46.5 Å². The lowest BCUT2D eigenvalue weighted by molar-refractivity contribution is 0.259. The van der Waals surface area contributed by atoms with Crippen LogP contribution in [0.25, 0.3) is 0 Å². The molecule has 0 aliphatic heterocycles. The summed E-state index contributed by atoms with van der Waals surface area (Å²) in [6.07, 6.45) is 1.40. The van der Waals surface area contributed by atoms with Crippen LogP contribution >= 0.6 is 11.6 Å². The van der Waals surface area contributed by atoms with E-state index in [1.165, 1.54) is 0 Å². The van der Waals surface area contributed by atoms with Crippen molar-refractivity contribution in [2.75, 3.05) is 11.9 Å². The standard InChI is InChI=1S/C19H24ClN5O/c1-12(2)8-16(11-26)22-19-24-17(23-18(20)25-19)9-13(3)15-6-4-14(10-21)5-7-15/h4-7,12-13,16,26H,8-9,11H2,1-3H3,(H,22,23,24,25). The van der Waals surface area contributed by atoms with Crippen molar-refractivity contribution < 1.29 is 5.11 Å². The Labute approximate surface area is 159 Å². The van der Waals surface area contributed by atoms with Crippen molar-refractivity contribution in [3.8, 4) is 6.07 Å². The Balaban J connectivity index is 2.11. The number of hydrogen-bond acceptors (Lipinski definition) is 6. The number of rotatable bonds is 8. The molecule has 2 aromatic rings. The molecule has 0 bridgehead atoms. The van der Waals surface area contributed by atoms with Crippen molar-refractivity contribution >= 4 is 17.5 Å². The predicted octanol–water partition coefficient (Wildman–Crippen LogP) is 3.56. The number of halogens is 1. The summed E-state index contributed by atoms with van der Waals surface area (Å²) in [6.45, 7) is 6.25. The summed E-state index contributed by atoms with van der Waals surface area (Å²) in [5, 5.41) is 21.7. The first-order valence-corrected chi connectivity index (χ1v) is 9.07. The highest BCUT2D eigenvalue weighted by atomic mass is 35.5. The first-order chi connectivity index (χ1) is 12.4. The van der Waals surface area contributed by atoms with Crippen LogP contribution in [0, 0.1) is 17.2 Å². The van der Waals surface area contributed by atoms with Gasteiger partial charge in [-0.25, -0.2) is 4.98 Å². The average molecular weight is 374 g/mol. The lowest BCUT2D eigenvalue weighted by Crippen LogP contribution is -2.27. The summed E-state index contributed by atoms with van der Waals surface area (Å²) in [7, 11) is 0. The van der Waals surface area contributed by atoms with E-state index >= 15 is 0 Å². The minimum atomic E-state index is -0.128. The Hall–Kier alpha value is -2.23. The second-order valence-corrected chi connectivity index (χ2v) is 7.17. The highest BCUT2D eigenvalue weighted by Crippen LogP contribution is 2.21. The summed E-state index contributed by atoms with van der Waals surface area (Å²) in [4.78, 5) is 12.8. The van der Waals surface area contributed by atoms with Gasteiger partial charge in [0.15, 0.2) is 0 Å². The van der Waals surface area contributed by atoms with E-state index in [1.54, 1.807) is 12.1 Å². The highest BCUT2D eigenvalue weighted by molar-refractivity contribution is 6.28. The maximum atomic E-state index is 9.52. The van der Waals surface area contributed by atoms with Gasteiger partial charge in [-0.05, 0) is 47.6 Å². The average Bonchev–Trinajstić information content (AvgIpc) is 2.60. The van der Waals surface area contributed by atoms with Crippen LogP contribution in [0.2, 0.25) is 5.28 Å². The molecule has 26 heavy (non-hydrogen) atoms.